The molecule has 0 aliphatic carbocycles. The van der Waals surface area contributed by atoms with E-state index in [0.717, 1.165) is 43.4 Å². The van der Waals surface area contributed by atoms with E-state index in [1.165, 1.54) is 4.57 Å². The molecule has 4 rings (SSSR count). The van der Waals surface area contributed by atoms with Gasteiger partial charge in [0.15, 0.2) is 0 Å². The molecule has 172 valence electrons. The van der Waals surface area contributed by atoms with Crippen LogP contribution in [0.15, 0.2) is 23.0 Å². The average molecular weight is 444 g/mol. The van der Waals surface area contributed by atoms with Crippen molar-refractivity contribution in [2.45, 2.75) is 44.2 Å². The van der Waals surface area contributed by atoms with Crippen molar-refractivity contribution in [1.29, 1.82) is 0 Å². The zero-order valence-electron chi connectivity index (χ0n) is 18.2. The van der Waals surface area contributed by atoms with Crippen molar-refractivity contribution in [1.82, 2.24) is 24.7 Å². The van der Waals surface area contributed by atoms with Gasteiger partial charge in [0.05, 0.1) is 11.0 Å². The number of aryl methyl sites for hydroxylation is 2. The molecule has 2 aliphatic rings. The number of benzene rings is 1. The van der Waals surface area contributed by atoms with Crippen molar-refractivity contribution in [2.75, 3.05) is 26.2 Å². The summed E-state index contributed by atoms with van der Waals surface area (Å²) < 4.78 is 3.04. The van der Waals surface area contributed by atoms with E-state index >= 15 is 0 Å². The first-order valence-electron chi connectivity index (χ1n) is 11.1. The van der Waals surface area contributed by atoms with Crippen molar-refractivity contribution in [2.24, 2.45) is 7.05 Å². The molecule has 2 aromatic rings. The number of amides is 2. The summed E-state index contributed by atoms with van der Waals surface area (Å²) in [6.07, 6.45) is 3.30. The lowest BCUT2D eigenvalue weighted by Gasteiger charge is -2.31. The van der Waals surface area contributed by atoms with Crippen LogP contribution in [0.2, 0.25) is 0 Å². The second kappa shape index (κ2) is 9.25. The first-order chi connectivity index (χ1) is 15.3. The van der Waals surface area contributed by atoms with E-state index in [9.17, 15) is 19.2 Å². The Kier molecular flexibility index (Phi) is 6.43. The fourth-order valence-electron chi connectivity index (χ4n) is 4.64. The van der Waals surface area contributed by atoms with Crippen molar-refractivity contribution in [3.63, 3.8) is 0 Å². The Hall–Kier alpha value is -2.98. The maximum Gasteiger partial charge on any atom is 0.329 e. The number of aromatic nitrogens is 2. The summed E-state index contributed by atoms with van der Waals surface area (Å²) in [5.41, 5.74) is 2.30. The highest BCUT2D eigenvalue weighted by atomic mass is 16.4. The minimum Gasteiger partial charge on any atom is -0.480 e. The third kappa shape index (κ3) is 4.46. The topological polar surface area (TPSA) is 126 Å². The van der Waals surface area contributed by atoms with Gasteiger partial charge in [0.1, 0.15) is 12.1 Å². The van der Waals surface area contributed by atoms with Crippen molar-refractivity contribution in [3.8, 4) is 0 Å². The largest absolute Gasteiger partial charge is 0.480 e. The second-order valence-electron chi connectivity index (χ2n) is 8.60. The second-order valence-corrected chi connectivity index (χ2v) is 8.60. The van der Waals surface area contributed by atoms with E-state index in [0.29, 0.717) is 25.0 Å². The highest BCUT2D eigenvalue weighted by molar-refractivity contribution is 6.00. The molecule has 1 unspecified atom stereocenters. The van der Waals surface area contributed by atoms with E-state index in [1.54, 1.807) is 11.6 Å². The molecule has 10 nitrogen and oxygen atoms in total. The molecule has 1 aromatic heterocycles. The van der Waals surface area contributed by atoms with Crippen molar-refractivity contribution >= 4 is 28.8 Å². The summed E-state index contributed by atoms with van der Waals surface area (Å²) in [4.78, 5) is 49.9. The molecule has 0 spiro atoms. The number of fused-ring (bicyclic) bond motifs is 1. The van der Waals surface area contributed by atoms with Crippen LogP contribution in [0.5, 0.6) is 0 Å². The lowest BCUT2D eigenvalue weighted by molar-refractivity contribution is -0.141. The summed E-state index contributed by atoms with van der Waals surface area (Å²) in [5.74, 6) is -1.54. The predicted octanol–water partition coefficient (Wildman–Crippen LogP) is -0.00120. The molecule has 3 heterocycles. The molecule has 2 atom stereocenters. The quantitative estimate of drug-likeness (QED) is 0.406. The molecule has 2 fully saturated rings. The number of unbranched alkanes of at least 4 members (excludes halogenated alkanes) is 1. The summed E-state index contributed by atoms with van der Waals surface area (Å²) in [5, 5.41) is 14.5. The van der Waals surface area contributed by atoms with Crippen LogP contribution in [-0.4, -0.2) is 69.1 Å². The maximum absolute atomic E-state index is 12.8. The summed E-state index contributed by atoms with van der Waals surface area (Å²) >= 11 is 0. The molecule has 0 radical (unpaired) electrons. The lowest BCUT2D eigenvalue weighted by atomic mass is 10.0. The number of rotatable bonds is 7. The number of hydrogen-bond donors (Lipinski definition) is 3. The standard InChI is InChI=1S/C22H29N5O5/c1-25-18-12-14(4-2-3-10-26-11-9-23-15(13-26)21(30)31)5-6-16(18)27(22(25)32)17-7-8-19(28)24-20(17)29/h5-6,12,15,17,23H,2-4,7-11,13H2,1H3,(H,30,31)(H,24,28,29)/t15-,17?/m1/s1. The van der Waals surface area contributed by atoms with Gasteiger partial charge in [-0.05, 0) is 49.9 Å². The molecule has 0 bridgehead atoms. The van der Waals surface area contributed by atoms with Gasteiger partial charge in [0, 0.05) is 33.1 Å². The Morgan fingerprint density at radius 3 is 2.75 bits per heavy atom. The van der Waals surface area contributed by atoms with Crippen LogP contribution in [0.4, 0.5) is 0 Å². The van der Waals surface area contributed by atoms with Crippen molar-refractivity contribution in [3.05, 3.63) is 34.2 Å². The molecule has 2 amide bonds. The molecule has 2 saturated heterocycles. The first-order valence-corrected chi connectivity index (χ1v) is 11.1. The van der Waals surface area contributed by atoms with Crippen LogP contribution in [0.3, 0.4) is 0 Å². The van der Waals surface area contributed by atoms with Crippen LogP contribution in [0, 0.1) is 0 Å². The summed E-state index contributed by atoms with van der Waals surface area (Å²) in [6.45, 7) is 2.92. The number of piperidine rings is 1. The first kappa shape index (κ1) is 22.2. The number of imide groups is 1. The summed E-state index contributed by atoms with van der Waals surface area (Å²) in [6, 6.07) is 4.67. The Labute approximate surface area is 185 Å². The maximum atomic E-state index is 12.8. The number of carboxylic acid groups (broad SMARTS) is 1. The van der Waals surface area contributed by atoms with E-state index in [4.69, 9.17) is 5.11 Å². The number of carboxylic acids is 1. The van der Waals surface area contributed by atoms with E-state index in [-0.39, 0.29) is 18.0 Å². The molecule has 3 N–H and O–H groups in total. The Balaban J connectivity index is 1.40. The van der Waals surface area contributed by atoms with Gasteiger partial charge in [0.2, 0.25) is 11.8 Å². The van der Waals surface area contributed by atoms with Gasteiger partial charge in [-0.15, -0.1) is 0 Å². The normalized spacial score (nSPS) is 22.3. The third-order valence-corrected chi connectivity index (χ3v) is 6.42. The number of piperazine rings is 1. The number of carbonyl (C=O) groups excluding carboxylic acids is 2. The fraction of sp³-hybridized carbons (Fsp3) is 0.545. The highest BCUT2D eigenvalue weighted by Gasteiger charge is 2.31. The van der Waals surface area contributed by atoms with Gasteiger partial charge in [-0.1, -0.05) is 6.07 Å². The van der Waals surface area contributed by atoms with Gasteiger partial charge in [-0.25, -0.2) is 4.79 Å². The zero-order valence-corrected chi connectivity index (χ0v) is 18.2. The van der Waals surface area contributed by atoms with E-state index in [2.05, 4.69) is 15.5 Å². The average Bonchev–Trinajstić information content (AvgIpc) is 3.01. The van der Waals surface area contributed by atoms with Crippen molar-refractivity contribution < 1.29 is 19.5 Å². The van der Waals surface area contributed by atoms with Crippen LogP contribution >= 0.6 is 0 Å². The number of hydrogen-bond acceptors (Lipinski definition) is 6. The minimum absolute atomic E-state index is 0.220. The molecular weight excluding hydrogens is 414 g/mol. The molecule has 2 aliphatic heterocycles. The molecule has 32 heavy (non-hydrogen) atoms. The number of carbonyl (C=O) groups is 3. The predicted molar refractivity (Wildman–Crippen MR) is 117 cm³/mol. The third-order valence-electron chi connectivity index (χ3n) is 6.42. The van der Waals surface area contributed by atoms with E-state index < -0.39 is 24.0 Å². The van der Waals surface area contributed by atoms with Crippen LogP contribution in [0.1, 0.15) is 37.3 Å². The van der Waals surface area contributed by atoms with Crippen LogP contribution in [0.25, 0.3) is 11.0 Å². The monoisotopic (exact) mass is 443 g/mol. The molecule has 10 heteroatoms. The highest BCUT2D eigenvalue weighted by Crippen LogP contribution is 2.24. The fourth-order valence-corrected chi connectivity index (χ4v) is 4.64. The van der Waals surface area contributed by atoms with Gasteiger partial charge in [0.25, 0.3) is 0 Å². The molecule has 1 aromatic carbocycles. The van der Waals surface area contributed by atoms with Crippen LogP contribution in [-0.2, 0) is 27.9 Å². The smallest absolute Gasteiger partial charge is 0.329 e. The Morgan fingerprint density at radius 2 is 2.00 bits per heavy atom. The lowest BCUT2D eigenvalue weighted by Crippen LogP contribution is -2.54. The van der Waals surface area contributed by atoms with E-state index in [1.807, 2.05) is 18.2 Å². The van der Waals surface area contributed by atoms with Gasteiger partial charge in [-0.3, -0.25) is 33.7 Å². The van der Waals surface area contributed by atoms with Gasteiger partial charge in [-0.2, -0.15) is 0 Å². The molecular formula is C22H29N5O5. The SMILES string of the molecule is Cn1c(=O)n(C2CCC(=O)NC2=O)c2ccc(CCCCN3CCN[C@@H](C(=O)O)C3)cc21. The Morgan fingerprint density at radius 1 is 1.19 bits per heavy atom. The number of imidazole rings is 1. The molecule has 0 saturated carbocycles. The van der Waals surface area contributed by atoms with Crippen LogP contribution < -0.4 is 16.3 Å². The number of aliphatic carboxylic acids is 1. The van der Waals surface area contributed by atoms with Gasteiger partial charge >= 0.3 is 11.7 Å². The zero-order chi connectivity index (χ0) is 22.8. The summed E-state index contributed by atoms with van der Waals surface area (Å²) in [7, 11) is 1.69. The van der Waals surface area contributed by atoms with Gasteiger partial charge < -0.3 is 10.4 Å². The minimum atomic E-state index is -0.808. The number of nitrogens with one attached hydrogen (secondary N) is 2. The Bertz CT molecular complexity index is 1100. The number of nitrogens with zero attached hydrogens (tertiary/aromatic N) is 3.